The lowest BCUT2D eigenvalue weighted by Crippen LogP contribution is -2.54. The minimum atomic E-state index is -1.16. The number of carbonyl (C=O) groups excluding carboxylic acids is 4. The van der Waals surface area contributed by atoms with Crippen LogP contribution in [0.1, 0.15) is 67.4 Å². The Kier molecular flexibility index (Phi) is 11.6. The van der Waals surface area contributed by atoms with Gasteiger partial charge in [0.2, 0.25) is 17.7 Å². The number of fused-ring (bicyclic) bond motifs is 1. The van der Waals surface area contributed by atoms with Gasteiger partial charge >= 0.3 is 0 Å². The monoisotopic (exact) mass is 591 g/mol. The first-order valence-electron chi connectivity index (χ1n) is 15.4. The quantitative estimate of drug-likeness (QED) is 0.456. The summed E-state index contributed by atoms with van der Waals surface area (Å²) >= 11 is 0. The van der Waals surface area contributed by atoms with E-state index in [0.717, 1.165) is 25.2 Å². The fourth-order valence-electron chi connectivity index (χ4n) is 5.42. The summed E-state index contributed by atoms with van der Waals surface area (Å²) in [5.41, 5.74) is 2.38. The molecule has 0 aromatic heterocycles. The zero-order chi connectivity index (χ0) is 30.8. The Morgan fingerprint density at radius 1 is 0.977 bits per heavy atom. The number of rotatable bonds is 7. The van der Waals surface area contributed by atoms with Gasteiger partial charge in [-0.1, -0.05) is 63.1 Å². The number of para-hydroxylation sites is 1. The summed E-state index contributed by atoms with van der Waals surface area (Å²) < 4.78 is 5.88. The highest BCUT2D eigenvalue weighted by Crippen LogP contribution is 2.19. The van der Waals surface area contributed by atoms with E-state index in [1.54, 1.807) is 31.3 Å². The lowest BCUT2D eigenvalue weighted by atomic mass is 9.97. The molecule has 0 aliphatic carbocycles. The molecule has 2 heterocycles. The average Bonchev–Trinajstić information content (AvgIpc) is 3.02. The fraction of sp³-hybridized carbons (Fsp3) is 0.515. The molecule has 0 unspecified atom stereocenters. The Bertz CT molecular complexity index is 1260. The first kappa shape index (κ1) is 32.0. The molecule has 4 amide bonds. The molecule has 4 rings (SSSR count). The number of hydrogen-bond acceptors (Lipinski definition) is 6. The van der Waals surface area contributed by atoms with Crippen molar-refractivity contribution in [3.8, 4) is 5.75 Å². The third-order valence-electron chi connectivity index (χ3n) is 8.34. The normalized spacial score (nSPS) is 21.5. The maximum absolute atomic E-state index is 13.4. The minimum Gasteiger partial charge on any atom is -0.491 e. The molecule has 2 aliphatic heterocycles. The van der Waals surface area contributed by atoms with Crippen molar-refractivity contribution in [2.45, 2.75) is 71.1 Å². The Morgan fingerprint density at radius 3 is 2.40 bits per heavy atom. The maximum atomic E-state index is 13.4. The Morgan fingerprint density at radius 2 is 1.67 bits per heavy atom. The van der Waals surface area contributed by atoms with Gasteiger partial charge in [0.05, 0.1) is 18.5 Å². The van der Waals surface area contributed by atoms with Crippen LogP contribution in [0.5, 0.6) is 5.75 Å². The van der Waals surface area contributed by atoms with E-state index in [9.17, 15) is 19.2 Å². The molecule has 3 N–H and O–H groups in total. The van der Waals surface area contributed by atoms with E-state index in [0.29, 0.717) is 12.2 Å². The molecule has 2 aromatic carbocycles. The van der Waals surface area contributed by atoms with Crippen molar-refractivity contribution in [3.05, 3.63) is 65.2 Å². The largest absolute Gasteiger partial charge is 0.491 e. The molecule has 232 valence electrons. The third-order valence-corrected chi connectivity index (χ3v) is 8.34. The predicted molar refractivity (Wildman–Crippen MR) is 164 cm³/mol. The van der Waals surface area contributed by atoms with Crippen molar-refractivity contribution in [3.63, 3.8) is 0 Å². The molecule has 2 aromatic rings. The number of hydrogen-bond donors (Lipinski definition) is 3. The summed E-state index contributed by atoms with van der Waals surface area (Å²) in [6, 6.07) is 12.9. The number of ether oxygens (including phenoxy) is 1. The van der Waals surface area contributed by atoms with Crippen LogP contribution in [0.25, 0.3) is 0 Å². The SMILES string of the molecule is CC[C@H](C)[C@@H]1NC(=O)C[C@@H](C(=O)NCc2ccc(CN3CCCCC3)cc2)NC(=O)c2ccccc2OCCN(C)C1=O. The van der Waals surface area contributed by atoms with E-state index in [1.165, 1.54) is 29.7 Å². The van der Waals surface area contributed by atoms with Crippen LogP contribution in [0.4, 0.5) is 0 Å². The number of benzene rings is 2. The van der Waals surface area contributed by atoms with Crippen molar-refractivity contribution < 1.29 is 23.9 Å². The Hall–Kier alpha value is -3.92. The highest BCUT2D eigenvalue weighted by atomic mass is 16.5. The maximum Gasteiger partial charge on any atom is 0.255 e. The van der Waals surface area contributed by atoms with Crippen LogP contribution in [-0.4, -0.2) is 78.8 Å². The van der Waals surface area contributed by atoms with E-state index < -0.39 is 29.8 Å². The molecule has 2 aliphatic rings. The lowest BCUT2D eigenvalue weighted by molar-refractivity contribution is -0.137. The van der Waals surface area contributed by atoms with Crippen LogP contribution in [0.2, 0.25) is 0 Å². The summed E-state index contributed by atoms with van der Waals surface area (Å²) in [6.07, 6.45) is 4.13. The number of nitrogens with zero attached hydrogens (tertiary/aromatic N) is 2. The van der Waals surface area contributed by atoms with Gasteiger partial charge in [0.15, 0.2) is 0 Å². The predicted octanol–water partition coefficient (Wildman–Crippen LogP) is 2.86. The Balaban J connectivity index is 1.48. The van der Waals surface area contributed by atoms with Gasteiger partial charge in [-0.2, -0.15) is 0 Å². The van der Waals surface area contributed by atoms with E-state index >= 15 is 0 Å². The van der Waals surface area contributed by atoms with Gasteiger partial charge in [0.1, 0.15) is 24.4 Å². The van der Waals surface area contributed by atoms with E-state index in [2.05, 4.69) is 33.0 Å². The minimum absolute atomic E-state index is 0.131. The van der Waals surface area contributed by atoms with E-state index in [4.69, 9.17) is 4.74 Å². The molecular formula is C33H45N5O5. The Labute approximate surface area is 254 Å². The van der Waals surface area contributed by atoms with E-state index in [-0.39, 0.29) is 43.5 Å². The molecular weight excluding hydrogens is 546 g/mol. The molecule has 0 bridgehead atoms. The fourth-order valence-corrected chi connectivity index (χ4v) is 5.42. The average molecular weight is 592 g/mol. The molecule has 10 heteroatoms. The second-order valence-corrected chi connectivity index (χ2v) is 11.6. The van der Waals surface area contributed by atoms with Crippen molar-refractivity contribution in [1.82, 2.24) is 25.8 Å². The summed E-state index contributed by atoms with van der Waals surface area (Å²) in [7, 11) is 1.66. The molecule has 0 radical (unpaired) electrons. The number of carbonyl (C=O) groups is 4. The molecule has 1 fully saturated rings. The lowest BCUT2D eigenvalue weighted by Gasteiger charge is -2.29. The summed E-state index contributed by atoms with van der Waals surface area (Å²) in [5, 5.41) is 8.44. The standard InChI is InChI=1S/C33H45N5O5/c1-4-23(2)30-33(42)37(3)18-19-43-28-11-7-6-10-26(28)31(40)35-27(20-29(39)36-30)32(41)34-21-24-12-14-25(15-13-24)22-38-16-8-5-9-17-38/h6-7,10-15,23,27,30H,4-5,8-9,16-22H2,1-3H3,(H,34,41)(H,35,40)(H,36,39)/t23-,27-,30-/m0/s1. The molecule has 0 saturated carbocycles. The van der Waals surface area contributed by atoms with Crippen LogP contribution in [0, 0.1) is 5.92 Å². The zero-order valence-corrected chi connectivity index (χ0v) is 25.6. The van der Waals surface area contributed by atoms with Gasteiger partial charge in [0, 0.05) is 20.1 Å². The summed E-state index contributed by atoms with van der Waals surface area (Å²) in [6.45, 7) is 7.70. The van der Waals surface area contributed by atoms with Gasteiger partial charge in [-0.25, -0.2) is 0 Å². The van der Waals surface area contributed by atoms with Gasteiger partial charge < -0.3 is 25.6 Å². The van der Waals surface area contributed by atoms with Crippen LogP contribution in [-0.2, 0) is 27.5 Å². The number of likely N-dealkylation sites (N-methyl/N-ethyl adjacent to an activating group) is 1. The summed E-state index contributed by atoms with van der Waals surface area (Å²) in [5.74, 6) is -1.53. The van der Waals surface area contributed by atoms with Crippen LogP contribution < -0.4 is 20.7 Å². The molecule has 43 heavy (non-hydrogen) atoms. The number of piperidine rings is 1. The van der Waals surface area contributed by atoms with Crippen LogP contribution in [0.15, 0.2) is 48.5 Å². The van der Waals surface area contributed by atoms with Gasteiger partial charge in [-0.05, 0) is 55.1 Å². The van der Waals surface area contributed by atoms with Crippen LogP contribution in [0.3, 0.4) is 0 Å². The van der Waals surface area contributed by atoms with Crippen LogP contribution >= 0.6 is 0 Å². The van der Waals surface area contributed by atoms with Gasteiger partial charge in [0.25, 0.3) is 5.91 Å². The molecule has 0 spiro atoms. The van der Waals surface area contributed by atoms with E-state index in [1.807, 2.05) is 26.0 Å². The molecule has 3 atom stereocenters. The van der Waals surface area contributed by atoms with Crippen molar-refractivity contribution >= 4 is 23.6 Å². The van der Waals surface area contributed by atoms with Crippen molar-refractivity contribution in [1.29, 1.82) is 0 Å². The molecule has 1 saturated heterocycles. The second kappa shape index (κ2) is 15.5. The van der Waals surface area contributed by atoms with Gasteiger partial charge in [-0.15, -0.1) is 0 Å². The first-order valence-corrected chi connectivity index (χ1v) is 15.4. The smallest absolute Gasteiger partial charge is 0.255 e. The number of nitrogens with one attached hydrogen (secondary N) is 3. The first-order chi connectivity index (χ1) is 20.7. The number of likely N-dealkylation sites (tertiary alicyclic amines) is 1. The molecule has 10 nitrogen and oxygen atoms in total. The van der Waals surface area contributed by atoms with Crippen molar-refractivity contribution in [2.24, 2.45) is 5.92 Å². The topological polar surface area (TPSA) is 120 Å². The van der Waals surface area contributed by atoms with Gasteiger partial charge in [-0.3, -0.25) is 24.1 Å². The van der Waals surface area contributed by atoms with Crippen molar-refractivity contribution in [2.75, 3.05) is 33.3 Å². The highest BCUT2D eigenvalue weighted by molar-refractivity contribution is 6.01. The summed E-state index contributed by atoms with van der Waals surface area (Å²) in [4.78, 5) is 57.2. The third kappa shape index (κ3) is 9.03. The highest BCUT2D eigenvalue weighted by Gasteiger charge is 2.32. The zero-order valence-electron chi connectivity index (χ0n) is 25.6. The second-order valence-electron chi connectivity index (χ2n) is 11.6. The number of amides is 4.